The molecule has 1 atom stereocenters. The van der Waals surface area contributed by atoms with Gasteiger partial charge in [0, 0.05) is 5.69 Å². The Morgan fingerprint density at radius 1 is 1.32 bits per heavy atom. The molecule has 28 heavy (non-hydrogen) atoms. The Balaban J connectivity index is 1.73. The smallest absolute Gasteiger partial charge is 0.237 e. The maximum atomic E-state index is 12.5. The Hall–Kier alpha value is -1.89. The lowest BCUT2D eigenvalue weighted by molar-refractivity contribution is -0.115. The van der Waals surface area contributed by atoms with E-state index in [0.717, 1.165) is 0 Å². The molecule has 2 aromatic carbocycles. The Morgan fingerprint density at radius 3 is 2.82 bits per heavy atom. The zero-order chi connectivity index (χ0) is 20.3. The van der Waals surface area contributed by atoms with Crippen LogP contribution in [0.25, 0.3) is 5.69 Å². The first-order valence-electron chi connectivity index (χ1n) is 7.90. The summed E-state index contributed by atoms with van der Waals surface area (Å²) in [5, 5.41) is 16.7. The maximum absolute atomic E-state index is 12.5. The molecule has 3 aromatic rings. The number of hydrogen-bond acceptors (Lipinski definition) is 6. The number of benzene rings is 2. The van der Waals surface area contributed by atoms with Crippen molar-refractivity contribution in [3.63, 3.8) is 0 Å². The van der Waals surface area contributed by atoms with E-state index in [9.17, 15) is 4.79 Å². The average molecular weight is 467 g/mol. The number of carbonyl (C=O) groups excluding carboxylic acids is 1. The molecule has 0 spiro atoms. The van der Waals surface area contributed by atoms with Crippen molar-refractivity contribution in [3.8, 4) is 11.8 Å². The SMILES string of the molecule is CC(Sc1nn(-c2ccc(Cl)c(Cl)c2)c(=S)s1)C(=O)Nc1cccc(C#N)c1. The predicted octanol–water partition coefficient (Wildman–Crippen LogP) is 5.96. The molecule has 0 aliphatic carbocycles. The monoisotopic (exact) mass is 466 g/mol. The predicted molar refractivity (Wildman–Crippen MR) is 117 cm³/mol. The van der Waals surface area contributed by atoms with Gasteiger partial charge in [-0.3, -0.25) is 4.79 Å². The number of nitriles is 1. The Kier molecular flexibility index (Phi) is 6.75. The Labute approximate surface area is 184 Å². The maximum Gasteiger partial charge on any atom is 0.237 e. The van der Waals surface area contributed by atoms with Crippen LogP contribution >= 0.6 is 58.5 Å². The van der Waals surface area contributed by atoms with Gasteiger partial charge in [0.25, 0.3) is 0 Å². The standard InChI is InChI=1S/C18H12Cl2N4OS3/c1-10(16(25)22-12-4-2-3-11(7-12)9-21)27-17-23-24(18(26)28-17)13-5-6-14(19)15(20)8-13/h2-8,10H,1H3,(H,22,25). The van der Waals surface area contributed by atoms with Gasteiger partial charge in [-0.15, -0.1) is 5.10 Å². The molecule has 0 bridgehead atoms. The lowest BCUT2D eigenvalue weighted by Gasteiger charge is -2.10. The summed E-state index contributed by atoms with van der Waals surface area (Å²) in [6.45, 7) is 1.78. The van der Waals surface area contributed by atoms with Crippen molar-refractivity contribution < 1.29 is 4.79 Å². The van der Waals surface area contributed by atoms with Crippen LogP contribution in [0.2, 0.25) is 10.0 Å². The molecule has 0 fully saturated rings. The fourth-order valence-corrected chi connectivity index (χ4v) is 5.00. The molecule has 3 rings (SSSR count). The fraction of sp³-hybridized carbons (Fsp3) is 0.111. The van der Waals surface area contributed by atoms with E-state index < -0.39 is 5.25 Å². The van der Waals surface area contributed by atoms with Crippen molar-refractivity contribution in [2.24, 2.45) is 0 Å². The summed E-state index contributed by atoms with van der Waals surface area (Å²) in [5.74, 6) is -0.192. The number of carbonyl (C=O) groups is 1. The lowest BCUT2D eigenvalue weighted by Crippen LogP contribution is -2.22. The second kappa shape index (κ2) is 9.07. The molecule has 0 radical (unpaired) electrons. The molecule has 10 heteroatoms. The highest BCUT2D eigenvalue weighted by Crippen LogP contribution is 2.30. The Morgan fingerprint density at radius 2 is 2.11 bits per heavy atom. The summed E-state index contributed by atoms with van der Waals surface area (Å²) < 4.78 is 2.78. The van der Waals surface area contributed by atoms with E-state index in [2.05, 4.69) is 10.4 Å². The lowest BCUT2D eigenvalue weighted by atomic mass is 10.2. The highest BCUT2D eigenvalue weighted by atomic mass is 35.5. The van der Waals surface area contributed by atoms with Gasteiger partial charge in [0.15, 0.2) is 8.29 Å². The van der Waals surface area contributed by atoms with Crippen molar-refractivity contribution in [2.75, 3.05) is 5.32 Å². The average Bonchev–Trinajstić information content (AvgIpc) is 3.04. The third-order valence-corrected chi connectivity index (χ3v) is 6.74. The number of halogens is 2. The number of aromatic nitrogens is 2. The molecule has 0 aliphatic heterocycles. The fourth-order valence-electron chi connectivity index (χ4n) is 2.20. The first kappa shape index (κ1) is 20.8. The van der Waals surface area contributed by atoms with Gasteiger partial charge in [-0.2, -0.15) is 5.26 Å². The summed E-state index contributed by atoms with van der Waals surface area (Å²) >= 11 is 20.0. The summed E-state index contributed by atoms with van der Waals surface area (Å²) in [7, 11) is 0. The van der Waals surface area contributed by atoms with Crippen LogP contribution in [0.4, 0.5) is 5.69 Å². The molecule has 1 amide bonds. The minimum Gasteiger partial charge on any atom is -0.325 e. The largest absolute Gasteiger partial charge is 0.325 e. The number of amides is 1. The minimum absolute atomic E-state index is 0.192. The van der Waals surface area contributed by atoms with E-state index >= 15 is 0 Å². The first-order valence-corrected chi connectivity index (χ1v) is 10.8. The number of anilines is 1. The zero-order valence-electron chi connectivity index (χ0n) is 14.3. The number of thioether (sulfide) groups is 1. The van der Waals surface area contributed by atoms with Gasteiger partial charge in [-0.25, -0.2) is 4.68 Å². The summed E-state index contributed by atoms with van der Waals surface area (Å²) in [6.07, 6.45) is 0. The van der Waals surface area contributed by atoms with E-state index in [-0.39, 0.29) is 5.91 Å². The number of rotatable bonds is 5. The topological polar surface area (TPSA) is 70.7 Å². The zero-order valence-corrected chi connectivity index (χ0v) is 18.3. The van der Waals surface area contributed by atoms with Crippen LogP contribution in [-0.2, 0) is 4.79 Å². The summed E-state index contributed by atoms with van der Waals surface area (Å²) in [5.41, 5.74) is 1.76. The van der Waals surface area contributed by atoms with E-state index in [1.54, 1.807) is 54.1 Å². The molecule has 0 saturated heterocycles. The van der Waals surface area contributed by atoms with Gasteiger partial charge in [0.05, 0.1) is 32.6 Å². The van der Waals surface area contributed by atoms with Crippen LogP contribution < -0.4 is 5.32 Å². The van der Waals surface area contributed by atoms with Crippen LogP contribution in [0.1, 0.15) is 12.5 Å². The molecule has 142 valence electrons. The van der Waals surface area contributed by atoms with Gasteiger partial charge in [-0.1, -0.05) is 52.4 Å². The normalized spacial score (nSPS) is 11.6. The number of nitrogens with zero attached hydrogens (tertiary/aromatic N) is 3. The molecular formula is C18H12Cl2N4OS3. The van der Waals surface area contributed by atoms with Gasteiger partial charge in [-0.05, 0) is 55.5 Å². The third-order valence-electron chi connectivity index (χ3n) is 3.58. The van der Waals surface area contributed by atoms with E-state index in [1.165, 1.54) is 23.1 Å². The quantitative estimate of drug-likeness (QED) is 0.370. The molecule has 1 N–H and O–H groups in total. The highest BCUT2D eigenvalue weighted by Gasteiger charge is 2.18. The van der Waals surface area contributed by atoms with E-state index in [1.807, 2.05) is 6.07 Å². The second-order valence-electron chi connectivity index (χ2n) is 5.59. The molecule has 1 unspecified atom stereocenters. The van der Waals surface area contributed by atoms with Gasteiger partial charge in [0.1, 0.15) is 0 Å². The molecular weight excluding hydrogens is 455 g/mol. The van der Waals surface area contributed by atoms with Crippen LogP contribution in [-0.4, -0.2) is 20.9 Å². The van der Waals surface area contributed by atoms with Gasteiger partial charge < -0.3 is 5.32 Å². The van der Waals surface area contributed by atoms with E-state index in [4.69, 9.17) is 40.7 Å². The summed E-state index contributed by atoms with van der Waals surface area (Å²) in [6, 6.07) is 13.9. The third kappa shape index (κ3) is 4.93. The van der Waals surface area contributed by atoms with Crippen molar-refractivity contribution >= 4 is 70.1 Å². The minimum atomic E-state index is -0.409. The van der Waals surface area contributed by atoms with Crippen LogP contribution in [0, 0.1) is 15.3 Å². The molecule has 1 heterocycles. The van der Waals surface area contributed by atoms with Crippen LogP contribution in [0.3, 0.4) is 0 Å². The van der Waals surface area contributed by atoms with Crippen molar-refractivity contribution in [1.82, 2.24) is 9.78 Å². The van der Waals surface area contributed by atoms with E-state index in [0.29, 0.717) is 35.3 Å². The number of nitrogens with one attached hydrogen (secondary N) is 1. The van der Waals surface area contributed by atoms with Crippen LogP contribution in [0.5, 0.6) is 0 Å². The van der Waals surface area contributed by atoms with Crippen molar-refractivity contribution in [3.05, 3.63) is 62.0 Å². The number of hydrogen-bond donors (Lipinski definition) is 1. The summed E-state index contributed by atoms with van der Waals surface area (Å²) in [4.78, 5) is 12.5. The van der Waals surface area contributed by atoms with Gasteiger partial charge in [0.2, 0.25) is 5.91 Å². The molecule has 5 nitrogen and oxygen atoms in total. The van der Waals surface area contributed by atoms with Crippen molar-refractivity contribution in [2.45, 2.75) is 16.5 Å². The second-order valence-corrected chi connectivity index (χ2v) is 9.61. The molecule has 0 saturated carbocycles. The first-order chi connectivity index (χ1) is 13.4. The van der Waals surface area contributed by atoms with Crippen molar-refractivity contribution in [1.29, 1.82) is 5.26 Å². The molecule has 1 aromatic heterocycles. The highest BCUT2D eigenvalue weighted by molar-refractivity contribution is 8.02. The van der Waals surface area contributed by atoms with Crippen LogP contribution in [0.15, 0.2) is 46.8 Å². The Bertz CT molecular complexity index is 1140. The molecule has 0 aliphatic rings. The van der Waals surface area contributed by atoms with Gasteiger partial charge >= 0.3 is 0 Å².